The smallest absolute Gasteiger partial charge is 0.0462 e. The molecule has 0 saturated carbocycles. The molecule has 1 N–H and O–H groups in total. The molecule has 2 atom stereocenters. The lowest BCUT2D eigenvalue weighted by atomic mass is 9.99. The first kappa shape index (κ1) is 13.9. The molecule has 1 aliphatic heterocycles. The average Bonchev–Trinajstić information content (AvgIpc) is 2.28. The van der Waals surface area contributed by atoms with Gasteiger partial charge in [-0.3, -0.25) is 4.90 Å². The number of rotatable bonds is 6. The molecule has 4 heteroatoms. The van der Waals surface area contributed by atoms with Crippen LogP contribution in [0, 0.1) is 0 Å². The average molecular weight is 229 g/mol. The predicted molar refractivity (Wildman–Crippen MR) is 67.9 cm³/mol. The first-order valence-corrected chi connectivity index (χ1v) is 6.24. The highest BCUT2D eigenvalue weighted by Gasteiger charge is 2.28. The highest BCUT2D eigenvalue weighted by Crippen LogP contribution is 2.13. The van der Waals surface area contributed by atoms with Crippen LogP contribution in [0.4, 0.5) is 0 Å². The summed E-state index contributed by atoms with van der Waals surface area (Å²) in [5, 5.41) is 3.46. The van der Waals surface area contributed by atoms with Crippen molar-refractivity contribution in [2.75, 3.05) is 54.5 Å². The van der Waals surface area contributed by atoms with E-state index >= 15 is 0 Å². The molecule has 0 aromatic rings. The molecule has 0 amide bonds. The molecule has 0 radical (unpaired) electrons. The molecule has 4 nitrogen and oxygen atoms in total. The molecular weight excluding hydrogens is 202 g/mol. The zero-order chi connectivity index (χ0) is 12.0. The minimum Gasteiger partial charge on any atom is -0.385 e. The number of nitrogens with zero attached hydrogens (tertiary/aromatic N) is 2. The summed E-state index contributed by atoms with van der Waals surface area (Å²) >= 11 is 0. The van der Waals surface area contributed by atoms with Gasteiger partial charge >= 0.3 is 0 Å². The van der Waals surface area contributed by atoms with Crippen molar-refractivity contribution in [3.8, 4) is 0 Å². The number of likely N-dealkylation sites (N-methyl/N-ethyl adjacent to an activating group) is 3. The van der Waals surface area contributed by atoms with Crippen LogP contribution in [0.25, 0.3) is 0 Å². The van der Waals surface area contributed by atoms with Gasteiger partial charge < -0.3 is 15.0 Å². The second-order valence-corrected chi connectivity index (χ2v) is 4.84. The lowest BCUT2D eigenvalue weighted by Crippen LogP contribution is -2.58. The summed E-state index contributed by atoms with van der Waals surface area (Å²) in [6.45, 7) is 4.38. The zero-order valence-electron chi connectivity index (χ0n) is 11.2. The van der Waals surface area contributed by atoms with Crippen molar-refractivity contribution in [1.82, 2.24) is 15.1 Å². The largest absolute Gasteiger partial charge is 0.385 e. The summed E-state index contributed by atoms with van der Waals surface area (Å²) in [6, 6.07) is 1.20. The standard InChI is InChI=1S/C12H27N3O/c1-13-11(6-5-9-16-4)12-10-14(2)7-8-15(12)3/h11-13H,5-10H2,1-4H3. The SMILES string of the molecule is CNC(CCCOC)C1CN(C)CCN1C. The van der Waals surface area contributed by atoms with E-state index in [0.29, 0.717) is 12.1 Å². The van der Waals surface area contributed by atoms with Crippen molar-refractivity contribution in [2.24, 2.45) is 0 Å². The van der Waals surface area contributed by atoms with Gasteiger partial charge in [0.1, 0.15) is 0 Å². The lowest BCUT2D eigenvalue weighted by Gasteiger charge is -2.42. The van der Waals surface area contributed by atoms with Gasteiger partial charge in [-0.05, 0) is 34.0 Å². The van der Waals surface area contributed by atoms with Crippen LogP contribution in [0.2, 0.25) is 0 Å². The molecule has 1 fully saturated rings. The molecule has 96 valence electrons. The van der Waals surface area contributed by atoms with Crippen LogP contribution >= 0.6 is 0 Å². The Bertz CT molecular complexity index is 189. The van der Waals surface area contributed by atoms with Crippen molar-refractivity contribution in [3.63, 3.8) is 0 Å². The summed E-state index contributed by atoms with van der Waals surface area (Å²) in [7, 11) is 8.29. The minimum absolute atomic E-state index is 0.572. The number of nitrogens with one attached hydrogen (secondary N) is 1. The van der Waals surface area contributed by atoms with Crippen LogP contribution < -0.4 is 5.32 Å². The molecule has 1 rings (SSSR count). The lowest BCUT2D eigenvalue weighted by molar-refractivity contribution is 0.0836. The molecule has 16 heavy (non-hydrogen) atoms. The summed E-state index contributed by atoms with van der Waals surface area (Å²) in [4.78, 5) is 4.90. The number of piperazine rings is 1. The summed E-state index contributed by atoms with van der Waals surface area (Å²) < 4.78 is 5.12. The van der Waals surface area contributed by atoms with E-state index in [4.69, 9.17) is 4.74 Å². The third-order valence-electron chi connectivity index (χ3n) is 3.60. The van der Waals surface area contributed by atoms with Crippen LogP contribution in [0.1, 0.15) is 12.8 Å². The van der Waals surface area contributed by atoms with Crippen LogP contribution in [0.15, 0.2) is 0 Å². The van der Waals surface area contributed by atoms with Gasteiger partial charge in [-0.25, -0.2) is 0 Å². The maximum absolute atomic E-state index is 5.12. The topological polar surface area (TPSA) is 27.7 Å². The van der Waals surface area contributed by atoms with Crippen molar-refractivity contribution < 1.29 is 4.74 Å². The molecule has 1 heterocycles. The van der Waals surface area contributed by atoms with Gasteiger partial charge in [0.05, 0.1) is 0 Å². The maximum atomic E-state index is 5.12. The highest BCUT2D eigenvalue weighted by molar-refractivity contribution is 4.88. The van der Waals surface area contributed by atoms with Crippen molar-refractivity contribution in [2.45, 2.75) is 24.9 Å². The first-order chi connectivity index (χ1) is 7.69. The Morgan fingerprint density at radius 3 is 2.75 bits per heavy atom. The van der Waals surface area contributed by atoms with Gasteiger partial charge in [-0.15, -0.1) is 0 Å². The monoisotopic (exact) mass is 229 g/mol. The van der Waals surface area contributed by atoms with Gasteiger partial charge in [-0.2, -0.15) is 0 Å². The fourth-order valence-corrected chi connectivity index (χ4v) is 2.46. The summed E-state index contributed by atoms with van der Waals surface area (Å²) in [5.41, 5.74) is 0. The summed E-state index contributed by atoms with van der Waals surface area (Å²) in [5.74, 6) is 0. The van der Waals surface area contributed by atoms with Gasteiger partial charge in [0.2, 0.25) is 0 Å². The fourth-order valence-electron chi connectivity index (χ4n) is 2.46. The van der Waals surface area contributed by atoms with Crippen molar-refractivity contribution >= 4 is 0 Å². The molecule has 0 spiro atoms. The number of hydrogen-bond acceptors (Lipinski definition) is 4. The maximum Gasteiger partial charge on any atom is 0.0462 e. The van der Waals surface area contributed by atoms with Gasteiger partial charge in [0.15, 0.2) is 0 Å². The van der Waals surface area contributed by atoms with Crippen LogP contribution in [-0.4, -0.2) is 76.4 Å². The Morgan fingerprint density at radius 1 is 1.38 bits per heavy atom. The molecule has 1 saturated heterocycles. The van der Waals surface area contributed by atoms with E-state index in [1.165, 1.54) is 19.5 Å². The molecule has 1 aliphatic rings. The third kappa shape index (κ3) is 4.01. The Morgan fingerprint density at radius 2 is 2.12 bits per heavy atom. The van der Waals surface area contributed by atoms with E-state index in [1.54, 1.807) is 7.11 Å². The van der Waals surface area contributed by atoms with Crippen LogP contribution in [-0.2, 0) is 4.74 Å². The van der Waals surface area contributed by atoms with Crippen molar-refractivity contribution in [3.05, 3.63) is 0 Å². The number of ether oxygens (including phenoxy) is 1. The quantitative estimate of drug-likeness (QED) is 0.661. The zero-order valence-corrected chi connectivity index (χ0v) is 11.2. The Balaban J connectivity index is 2.42. The molecule has 0 aliphatic carbocycles. The van der Waals surface area contributed by atoms with E-state index < -0.39 is 0 Å². The predicted octanol–water partition coefficient (Wildman–Crippen LogP) is 0.247. The Hall–Kier alpha value is -0.160. The second-order valence-electron chi connectivity index (χ2n) is 4.84. The number of hydrogen-bond donors (Lipinski definition) is 1. The van der Waals surface area contributed by atoms with E-state index in [2.05, 4.69) is 36.3 Å². The molecule has 0 aromatic heterocycles. The van der Waals surface area contributed by atoms with Gasteiger partial charge in [0, 0.05) is 45.4 Å². The van der Waals surface area contributed by atoms with E-state index in [9.17, 15) is 0 Å². The van der Waals surface area contributed by atoms with E-state index in [0.717, 1.165) is 19.6 Å². The second kappa shape index (κ2) is 7.22. The Labute approximate surface area is 99.9 Å². The first-order valence-electron chi connectivity index (χ1n) is 6.24. The third-order valence-corrected chi connectivity index (χ3v) is 3.60. The normalized spacial score (nSPS) is 25.9. The van der Waals surface area contributed by atoms with E-state index in [-0.39, 0.29) is 0 Å². The fraction of sp³-hybridized carbons (Fsp3) is 1.00. The van der Waals surface area contributed by atoms with E-state index in [1.807, 2.05) is 0 Å². The van der Waals surface area contributed by atoms with Gasteiger partial charge in [0.25, 0.3) is 0 Å². The molecule has 0 bridgehead atoms. The molecule has 2 unspecified atom stereocenters. The van der Waals surface area contributed by atoms with Gasteiger partial charge in [-0.1, -0.05) is 0 Å². The highest BCUT2D eigenvalue weighted by atomic mass is 16.5. The van der Waals surface area contributed by atoms with Crippen molar-refractivity contribution in [1.29, 1.82) is 0 Å². The molecular formula is C12H27N3O. The van der Waals surface area contributed by atoms with Crippen LogP contribution in [0.3, 0.4) is 0 Å². The molecule has 0 aromatic carbocycles. The number of methoxy groups -OCH3 is 1. The minimum atomic E-state index is 0.572. The summed E-state index contributed by atoms with van der Waals surface area (Å²) in [6.07, 6.45) is 2.32. The van der Waals surface area contributed by atoms with Crippen LogP contribution in [0.5, 0.6) is 0 Å². The Kier molecular flexibility index (Phi) is 6.28.